The van der Waals surface area contributed by atoms with Gasteiger partial charge in [0.1, 0.15) is 5.76 Å². The molecule has 0 saturated heterocycles. The fourth-order valence-electron chi connectivity index (χ4n) is 4.93. The second-order valence-electron chi connectivity index (χ2n) is 10.2. The summed E-state index contributed by atoms with van der Waals surface area (Å²) in [6, 6.07) is 0. The van der Waals surface area contributed by atoms with Crippen LogP contribution in [0.4, 0.5) is 0 Å². The van der Waals surface area contributed by atoms with Gasteiger partial charge in [0.2, 0.25) is 14.1 Å². The van der Waals surface area contributed by atoms with Crippen LogP contribution in [0.15, 0.2) is 27.8 Å². The highest BCUT2D eigenvalue weighted by molar-refractivity contribution is 9.11. The number of carbonyl (C=O) groups is 1. The molecule has 8 heteroatoms. The number of cyclic esters (lactones) is 1. The van der Waals surface area contributed by atoms with Crippen molar-refractivity contribution >= 4 is 41.6 Å². The molecule has 0 aliphatic carbocycles. The van der Waals surface area contributed by atoms with Crippen molar-refractivity contribution in [3.8, 4) is 0 Å². The van der Waals surface area contributed by atoms with Gasteiger partial charge in [0.05, 0.1) is 22.9 Å². The van der Waals surface area contributed by atoms with E-state index in [1.807, 2.05) is 0 Å². The first kappa shape index (κ1) is 28.3. The van der Waals surface area contributed by atoms with E-state index in [1.54, 1.807) is 25.2 Å². The van der Waals surface area contributed by atoms with Gasteiger partial charge in [0.25, 0.3) is 0 Å². The highest BCUT2D eigenvalue weighted by Crippen LogP contribution is 2.43. The molecule has 0 bridgehead atoms. The highest BCUT2D eigenvalue weighted by Gasteiger charge is 2.46. The Bertz CT molecular complexity index is 850. The van der Waals surface area contributed by atoms with Crippen molar-refractivity contribution in [2.75, 3.05) is 0 Å². The summed E-state index contributed by atoms with van der Waals surface area (Å²) in [5.74, 6) is -0.630. The van der Waals surface area contributed by atoms with Gasteiger partial charge in [0, 0.05) is 32.1 Å². The van der Waals surface area contributed by atoms with Crippen LogP contribution in [0.25, 0.3) is 0 Å². The van der Waals surface area contributed by atoms with Gasteiger partial charge in [0.15, 0.2) is 0 Å². The van der Waals surface area contributed by atoms with Crippen molar-refractivity contribution in [1.82, 2.24) is 4.98 Å². The lowest BCUT2D eigenvalue weighted by atomic mass is 10.2. The molecule has 1 aliphatic heterocycles. The molecule has 0 saturated carbocycles. The summed E-state index contributed by atoms with van der Waals surface area (Å²) in [5, 5.41) is 3.17. The lowest BCUT2D eigenvalue weighted by Crippen LogP contribution is -2.50. The van der Waals surface area contributed by atoms with Crippen molar-refractivity contribution in [3.05, 3.63) is 38.5 Å². The minimum atomic E-state index is -2.02. The number of halogens is 1. The Kier molecular flexibility index (Phi) is 9.98. The zero-order valence-corrected chi connectivity index (χ0v) is 24.9. The summed E-state index contributed by atoms with van der Waals surface area (Å²) in [4.78, 5) is 16.6. The van der Waals surface area contributed by atoms with Crippen molar-refractivity contribution in [3.63, 3.8) is 0 Å². The van der Waals surface area contributed by atoms with Gasteiger partial charge in [-0.1, -0.05) is 57.5 Å². The molecule has 33 heavy (non-hydrogen) atoms. The Balaban J connectivity index is 2.13. The maximum absolute atomic E-state index is 11.8. The quantitative estimate of drug-likeness (QED) is 0.206. The Morgan fingerprint density at radius 2 is 1.76 bits per heavy atom. The van der Waals surface area contributed by atoms with E-state index in [4.69, 9.17) is 18.9 Å². The molecule has 1 aromatic rings. The summed E-state index contributed by atoms with van der Waals surface area (Å²) < 4.78 is 19.1. The molecular formula is C25H40BrNO4SSi. The first-order valence-electron chi connectivity index (χ1n) is 11.8. The zero-order valence-electron chi connectivity index (χ0n) is 21.5. The third kappa shape index (κ3) is 7.77. The molecule has 1 aromatic heterocycles. The predicted molar refractivity (Wildman–Crippen MR) is 142 cm³/mol. The van der Waals surface area contributed by atoms with Gasteiger partial charge in [-0.3, -0.25) is 0 Å². The van der Waals surface area contributed by atoms with E-state index < -0.39 is 14.1 Å². The largest absolute Gasteiger partial charge is 0.457 e. The van der Waals surface area contributed by atoms with Crippen LogP contribution in [-0.4, -0.2) is 31.2 Å². The highest BCUT2D eigenvalue weighted by atomic mass is 79.9. The molecule has 0 radical (unpaired) electrons. The average molecular weight is 559 g/mol. The van der Waals surface area contributed by atoms with Crippen molar-refractivity contribution < 1.29 is 18.7 Å². The monoisotopic (exact) mass is 557 g/mol. The third-order valence-electron chi connectivity index (χ3n) is 6.08. The number of hydrogen-bond acceptors (Lipinski definition) is 6. The van der Waals surface area contributed by atoms with Crippen LogP contribution < -0.4 is 0 Å². The molecule has 0 spiro atoms. The number of carbonyl (C=O) groups excluding carboxylic acids is 1. The Morgan fingerprint density at radius 3 is 2.27 bits per heavy atom. The normalized spacial score (nSPS) is 17.9. The molecule has 2 heterocycles. The van der Waals surface area contributed by atoms with Gasteiger partial charge >= 0.3 is 5.97 Å². The van der Waals surface area contributed by atoms with Gasteiger partial charge in [-0.15, -0.1) is 11.3 Å². The summed E-state index contributed by atoms with van der Waals surface area (Å²) in [6.45, 7) is 19.4. The SMILES string of the molecule is CC(Br)=C[C@@H](Cc1nc(CCC2=CC(=O)OC(C)(C)O2)cs1)O[Si](C(C)C)(C(C)C)C(C)C. The maximum atomic E-state index is 11.8. The van der Waals surface area contributed by atoms with E-state index in [0.717, 1.165) is 21.6 Å². The topological polar surface area (TPSA) is 57.7 Å². The summed E-state index contributed by atoms with van der Waals surface area (Å²) in [6.07, 6.45) is 5.69. The number of aryl methyl sites for hydroxylation is 1. The molecule has 1 atom stereocenters. The number of esters is 1. The molecule has 1 aliphatic rings. The first-order chi connectivity index (χ1) is 15.2. The molecule has 0 N–H and O–H groups in total. The lowest BCUT2D eigenvalue weighted by Gasteiger charge is -2.44. The number of aromatic nitrogens is 1. The van der Waals surface area contributed by atoms with Crippen molar-refractivity contribution in [2.24, 2.45) is 0 Å². The van der Waals surface area contributed by atoms with Crippen molar-refractivity contribution in [1.29, 1.82) is 0 Å². The average Bonchev–Trinajstić information content (AvgIpc) is 3.08. The van der Waals surface area contributed by atoms with Crippen LogP contribution in [0.2, 0.25) is 16.6 Å². The van der Waals surface area contributed by atoms with Gasteiger partial charge in [-0.2, -0.15) is 0 Å². The Morgan fingerprint density at radius 1 is 1.15 bits per heavy atom. The molecule has 186 valence electrons. The second kappa shape index (κ2) is 11.6. The fourth-order valence-corrected chi connectivity index (χ4v) is 11.6. The molecule has 0 fully saturated rings. The second-order valence-corrected chi connectivity index (χ2v) is 17.8. The maximum Gasteiger partial charge on any atom is 0.337 e. The first-order valence-corrected chi connectivity index (χ1v) is 15.6. The van der Waals surface area contributed by atoms with Crippen molar-refractivity contribution in [2.45, 2.75) is 110 Å². The number of rotatable bonds is 11. The summed E-state index contributed by atoms with van der Waals surface area (Å²) in [7, 11) is -2.02. The lowest BCUT2D eigenvalue weighted by molar-refractivity contribution is -0.205. The molecule has 0 unspecified atom stereocenters. The van der Waals surface area contributed by atoms with E-state index in [9.17, 15) is 4.79 Å². The Labute approximate surface area is 213 Å². The van der Waals surface area contributed by atoms with Crippen LogP contribution in [-0.2, 0) is 31.5 Å². The van der Waals surface area contributed by atoms with E-state index in [-0.39, 0.29) is 12.1 Å². The van der Waals surface area contributed by atoms with Crippen LogP contribution in [0.3, 0.4) is 0 Å². The zero-order chi connectivity index (χ0) is 25.0. The molecule has 2 rings (SSSR count). The Hall–Kier alpha value is -0.963. The van der Waals surface area contributed by atoms with Crippen LogP contribution in [0.5, 0.6) is 0 Å². The van der Waals surface area contributed by atoms with Gasteiger partial charge in [-0.25, -0.2) is 9.78 Å². The minimum absolute atomic E-state index is 0.0119. The van der Waals surface area contributed by atoms with Crippen LogP contribution in [0.1, 0.15) is 79.4 Å². The molecular weight excluding hydrogens is 518 g/mol. The predicted octanol–water partition coefficient (Wildman–Crippen LogP) is 7.67. The van der Waals surface area contributed by atoms with Crippen LogP contribution >= 0.6 is 27.3 Å². The van der Waals surface area contributed by atoms with Crippen LogP contribution in [0, 0.1) is 0 Å². The summed E-state index contributed by atoms with van der Waals surface area (Å²) >= 11 is 5.29. The van der Waals surface area contributed by atoms with E-state index in [1.165, 1.54) is 6.08 Å². The van der Waals surface area contributed by atoms with E-state index in [2.05, 4.69) is 75.9 Å². The molecule has 5 nitrogen and oxygen atoms in total. The smallest absolute Gasteiger partial charge is 0.337 e. The standard InChI is InChI=1S/C25H40BrNO4SSi/c1-16(2)33(17(3)4,18(5)6)31-22(12-19(7)26)13-23-27-20(15-32-23)10-11-21-14-24(28)30-25(8,9)29-21/h12,14-18,22H,10-11,13H2,1-9H3/t22-/m0/s1. The number of thiazole rings is 1. The molecule has 0 amide bonds. The third-order valence-corrected chi connectivity index (χ3v) is 13.4. The fraction of sp³-hybridized carbons (Fsp3) is 0.680. The van der Waals surface area contributed by atoms with E-state index in [0.29, 0.717) is 35.2 Å². The van der Waals surface area contributed by atoms with Gasteiger partial charge in [-0.05, 0) is 40.5 Å². The number of nitrogens with zero attached hydrogens (tertiary/aromatic N) is 1. The van der Waals surface area contributed by atoms with Gasteiger partial charge < -0.3 is 13.9 Å². The molecule has 0 aromatic carbocycles. The number of hydrogen-bond donors (Lipinski definition) is 0. The summed E-state index contributed by atoms with van der Waals surface area (Å²) in [5.41, 5.74) is 2.58. The minimum Gasteiger partial charge on any atom is -0.457 e. The van der Waals surface area contributed by atoms with E-state index >= 15 is 0 Å². The number of ether oxygens (including phenoxy) is 2. The number of allylic oxidation sites excluding steroid dienone is 2.